The van der Waals surface area contributed by atoms with Crippen molar-refractivity contribution in [2.24, 2.45) is 0 Å². The van der Waals surface area contributed by atoms with Crippen LogP contribution in [0, 0.1) is 6.92 Å². The van der Waals surface area contributed by atoms with E-state index >= 15 is 0 Å². The van der Waals surface area contributed by atoms with Crippen molar-refractivity contribution in [2.45, 2.75) is 64.8 Å². The number of hydrogen-bond acceptors (Lipinski definition) is 3. The second-order valence-electron chi connectivity index (χ2n) is 9.66. The van der Waals surface area contributed by atoms with Gasteiger partial charge in [-0.05, 0) is 81.5 Å². The number of carbonyl (C=O) groups excluding carboxylic acids is 1. The molecule has 0 unspecified atom stereocenters. The molecule has 0 bridgehead atoms. The summed E-state index contributed by atoms with van der Waals surface area (Å²) in [4.78, 5) is 21.2. The number of fused-ring (bicyclic) bond motifs is 1. The van der Waals surface area contributed by atoms with Crippen LogP contribution in [0.1, 0.15) is 63.3 Å². The number of nitrogens with zero attached hydrogens (tertiary/aromatic N) is 1. The number of nitrogens with one attached hydrogen (secondary N) is 3. The number of benzene rings is 1. The first kappa shape index (κ1) is 21.6. The van der Waals surface area contributed by atoms with Crippen molar-refractivity contribution in [3.05, 3.63) is 53.3 Å². The summed E-state index contributed by atoms with van der Waals surface area (Å²) >= 11 is 0. The van der Waals surface area contributed by atoms with E-state index in [0.717, 1.165) is 54.0 Å². The van der Waals surface area contributed by atoms with E-state index in [0.29, 0.717) is 5.92 Å². The normalized spacial score (nSPS) is 17.3. The fourth-order valence-electron chi connectivity index (χ4n) is 4.60. The Morgan fingerprint density at radius 2 is 2.03 bits per heavy atom. The van der Waals surface area contributed by atoms with Gasteiger partial charge in [-0.1, -0.05) is 19.9 Å². The van der Waals surface area contributed by atoms with Crippen molar-refractivity contribution in [2.75, 3.05) is 13.1 Å². The van der Waals surface area contributed by atoms with Crippen LogP contribution in [0.5, 0.6) is 0 Å². The second-order valence-corrected chi connectivity index (χ2v) is 9.66. The lowest BCUT2D eigenvalue weighted by atomic mass is 9.82. The third-order valence-corrected chi connectivity index (χ3v) is 6.52. The predicted molar refractivity (Wildman–Crippen MR) is 127 cm³/mol. The Morgan fingerprint density at radius 3 is 2.71 bits per heavy atom. The molecule has 1 amide bonds. The summed E-state index contributed by atoms with van der Waals surface area (Å²) in [5.41, 5.74) is 6.12. The Labute approximate surface area is 185 Å². The minimum atomic E-state index is -0.607. The predicted octanol–water partition coefficient (Wildman–Crippen LogP) is 4.81. The molecular weight excluding hydrogens is 384 g/mol. The van der Waals surface area contributed by atoms with Gasteiger partial charge in [0.25, 0.3) is 0 Å². The maximum absolute atomic E-state index is 13.2. The molecule has 3 N–H and O–H groups in total. The van der Waals surface area contributed by atoms with Gasteiger partial charge in [0.05, 0.1) is 11.1 Å². The van der Waals surface area contributed by atoms with Crippen LogP contribution in [0.15, 0.2) is 36.5 Å². The smallest absolute Gasteiger partial charge is 0.230 e. The first-order chi connectivity index (χ1) is 14.8. The van der Waals surface area contributed by atoms with E-state index in [2.05, 4.69) is 64.8 Å². The highest BCUT2D eigenvalue weighted by Gasteiger charge is 2.32. The van der Waals surface area contributed by atoms with Crippen molar-refractivity contribution in [1.29, 1.82) is 0 Å². The van der Waals surface area contributed by atoms with Gasteiger partial charge >= 0.3 is 0 Å². The number of rotatable bonds is 5. The molecular formula is C26H34N4O. The standard InChI is InChI=1S/C26H34N4O/c1-16(2)23-21-14-19(26(4,5)25(31)29-20-7-6-11-27-15-20)8-9-22(21)30-24(23)18-10-12-28-17(3)13-18/h8-10,12-14,16,20,27,30H,6-7,11,15H2,1-5H3,(H,29,31)/t20-/m1/s1. The first-order valence-corrected chi connectivity index (χ1v) is 11.4. The minimum absolute atomic E-state index is 0.0900. The molecule has 0 radical (unpaired) electrons. The van der Waals surface area contributed by atoms with Gasteiger partial charge in [0, 0.05) is 40.9 Å². The molecule has 0 saturated carbocycles. The lowest BCUT2D eigenvalue weighted by Crippen LogP contribution is -2.50. The summed E-state index contributed by atoms with van der Waals surface area (Å²) in [7, 11) is 0. The molecule has 1 aliphatic heterocycles. The monoisotopic (exact) mass is 418 g/mol. The molecule has 164 valence electrons. The molecule has 5 heteroatoms. The summed E-state index contributed by atoms with van der Waals surface area (Å²) in [6.07, 6.45) is 4.01. The number of H-pyrrole nitrogens is 1. The Hall–Kier alpha value is -2.66. The Kier molecular flexibility index (Phi) is 5.89. The van der Waals surface area contributed by atoms with E-state index in [1.807, 2.05) is 27.0 Å². The largest absolute Gasteiger partial charge is 0.354 e. The summed E-state index contributed by atoms with van der Waals surface area (Å²) < 4.78 is 0. The fourth-order valence-corrected chi connectivity index (χ4v) is 4.60. The van der Waals surface area contributed by atoms with Crippen LogP contribution in [-0.4, -0.2) is 35.0 Å². The molecule has 4 rings (SSSR count). The quantitative estimate of drug-likeness (QED) is 0.557. The van der Waals surface area contributed by atoms with E-state index in [1.165, 1.54) is 10.9 Å². The van der Waals surface area contributed by atoms with Crippen LogP contribution in [0.4, 0.5) is 0 Å². The molecule has 1 fully saturated rings. The van der Waals surface area contributed by atoms with E-state index in [9.17, 15) is 4.79 Å². The number of amides is 1. The number of piperidine rings is 1. The molecule has 0 aliphatic carbocycles. The van der Waals surface area contributed by atoms with Crippen LogP contribution < -0.4 is 10.6 Å². The summed E-state index contributed by atoms with van der Waals surface area (Å²) in [6, 6.07) is 10.8. The number of hydrogen-bond donors (Lipinski definition) is 3. The van der Waals surface area contributed by atoms with Crippen molar-refractivity contribution in [3.63, 3.8) is 0 Å². The third kappa shape index (κ3) is 4.24. The second kappa shape index (κ2) is 8.46. The average Bonchev–Trinajstić information content (AvgIpc) is 3.13. The molecule has 0 spiro atoms. The van der Waals surface area contributed by atoms with Crippen LogP contribution >= 0.6 is 0 Å². The van der Waals surface area contributed by atoms with Gasteiger partial charge in [-0.2, -0.15) is 0 Å². The highest BCUT2D eigenvalue weighted by molar-refractivity contribution is 5.94. The van der Waals surface area contributed by atoms with Crippen molar-refractivity contribution < 1.29 is 4.79 Å². The molecule has 3 heterocycles. The lowest BCUT2D eigenvalue weighted by Gasteiger charge is -2.30. The molecule has 1 atom stereocenters. The van der Waals surface area contributed by atoms with Gasteiger partial charge in [0.1, 0.15) is 0 Å². The van der Waals surface area contributed by atoms with Crippen molar-refractivity contribution in [3.8, 4) is 11.3 Å². The SMILES string of the molecule is Cc1cc(-c2[nH]c3ccc(C(C)(C)C(=O)N[C@@H]4CCCNC4)cc3c2C(C)C)ccn1. The summed E-state index contributed by atoms with van der Waals surface area (Å²) in [5, 5.41) is 7.83. The highest BCUT2D eigenvalue weighted by atomic mass is 16.2. The third-order valence-electron chi connectivity index (χ3n) is 6.52. The van der Waals surface area contributed by atoms with Crippen LogP contribution in [0.2, 0.25) is 0 Å². The topological polar surface area (TPSA) is 69.8 Å². The van der Waals surface area contributed by atoms with Crippen LogP contribution in [0.25, 0.3) is 22.2 Å². The maximum Gasteiger partial charge on any atom is 0.230 e. The Morgan fingerprint density at radius 1 is 1.23 bits per heavy atom. The van der Waals surface area contributed by atoms with Gasteiger partial charge in [-0.3, -0.25) is 9.78 Å². The molecule has 1 aromatic carbocycles. The average molecular weight is 419 g/mol. The zero-order valence-corrected chi connectivity index (χ0v) is 19.3. The van der Waals surface area contributed by atoms with Crippen LogP contribution in [-0.2, 0) is 10.2 Å². The van der Waals surface area contributed by atoms with Gasteiger partial charge < -0.3 is 15.6 Å². The Balaban J connectivity index is 1.72. The van der Waals surface area contributed by atoms with E-state index in [4.69, 9.17) is 0 Å². The molecule has 2 aromatic heterocycles. The fraction of sp³-hybridized carbons (Fsp3) is 0.462. The van der Waals surface area contributed by atoms with Crippen molar-refractivity contribution >= 4 is 16.8 Å². The molecule has 31 heavy (non-hydrogen) atoms. The molecule has 1 aliphatic rings. The van der Waals surface area contributed by atoms with E-state index < -0.39 is 5.41 Å². The molecule has 1 saturated heterocycles. The Bertz CT molecular complexity index is 1090. The van der Waals surface area contributed by atoms with Gasteiger partial charge in [0.2, 0.25) is 5.91 Å². The number of aryl methyl sites for hydroxylation is 1. The van der Waals surface area contributed by atoms with E-state index in [-0.39, 0.29) is 11.9 Å². The number of aromatic nitrogens is 2. The first-order valence-electron chi connectivity index (χ1n) is 11.4. The maximum atomic E-state index is 13.2. The van der Waals surface area contributed by atoms with Gasteiger partial charge in [-0.15, -0.1) is 0 Å². The van der Waals surface area contributed by atoms with E-state index in [1.54, 1.807) is 0 Å². The molecule has 3 aromatic rings. The lowest BCUT2D eigenvalue weighted by molar-refractivity contribution is -0.126. The van der Waals surface area contributed by atoms with Crippen LogP contribution in [0.3, 0.4) is 0 Å². The summed E-state index contributed by atoms with van der Waals surface area (Å²) in [5.74, 6) is 0.435. The molecule has 5 nitrogen and oxygen atoms in total. The van der Waals surface area contributed by atoms with Crippen molar-refractivity contribution in [1.82, 2.24) is 20.6 Å². The highest BCUT2D eigenvalue weighted by Crippen LogP contribution is 2.37. The number of pyridine rings is 1. The minimum Gasteiger partial charge on any atom is -0.354 e. The summed E-state index contributed by atoms with van der Waals surface area (Å²) in [6.45, 7) is 12.4. The zero-order chi connectivity index (χ0) is 22.2. The van der Waals surface area contributed by atoms with Gasteiger partial charge in [0.15, 0.2) is 0 Å². The zero-order valence-electron chi connectivity index (χ0n) is 19.3. The number of aromatic amines is 1. The number of carbonyl (C=O) groups is 1. The van der Waals surface area contributed by atoms with Gasteiger partial charge in [-0.25, -0.2) is 0 Å².